The Hall–Kier alpha value is -2.12. The van der Waals surface area contributed by atoms with Crippen molar-refractivity contribution >= 4 is 11.8 Å². The summed E-state index contributed by atoms with van der Waals surface area (Å²) < 4.78 is 2.05. The van der Waals surface area contributed by atoms with Crippen molar-refractivity contribution in [2.75, 3.05) is 18.0 Å². The van der Waals surface area contributed by atoms with Gasteiger partial charge >= 0.3 is 11.7 Å². The number of carboxylic acids is 1. The van der Waals surface area contributed by atoms with Gasteiger partial charge in [0.15, 0.2) is 0 Å². The molecule has 1 fully saturated rings. The van der Waals surface area contributed by atoms with Gasteiger partial charge in [-0.05, 0) is 13.3 Å². The molecule has 1 aliphatic heterocycles. The van der Waals surface area contributed by atoms with E-state index in [9.17, 15) is 19.5 Å². The third-order valence-electron chi connectivity index (χ3n) is 3.59. The van der Waals surface area contributed by atoms with Crippen molar-refractivity contribution in [2.24, 2.45) is 19.5 Å². The lowest BCUT2D eigenvalue weighted by molar-refractivity contribution is -0.146. The Morgan fingerprint density at radius 2 is 2.00 bits per heavy atom. The minimum Gasteiger partial charge on any atom is -0.481 e. The molecule has 0 saturated carbocycles. The van der Waals surface area contributed by atoms with Crippen molar-refractivity contribution in [3.8, 4) is 0 Å². The van der Waals surface area contributed by atoms with Crippen molar-refractivity contribution in [3.05, 3.63) is 20.8 Å². The maximum Gasteiger partial charge on any atom is 0.346 e. The number of carboxylic acid groups (broad SMARTS) is 1. The maximum atomic E-state index is 12.0. The molecule has 104 valence electrons. The summed E-state index contributed by atoms with van der Waals surface area (Å²) in [6.45, 7) is 2.29. The summed E-state index contributed by atoms with van der Waals surface area (Å²) in [5, 5.41) is 13.1. The molecule has 1 N–H and O–H groups in total. The molecule has 2 heterocycles. The summed E-state index contributed by atoms with van der Waals surface area (Å²) in [4.78, 5) is 36.4. The fourth-order valence-corrected chi connectivity index (χ4v) is 2.20. The van der Waals surface area contributed by atoms with Crippen molar-refractivity contribution in [1.29, 1.82) is 0 Å². The van der Waals surface area contributed by atoms with Crippen LogP contribution in [-0.2, 0) is 18.9 Å². The highest BCUT2D eigenvalue weighted by Crippen LogP contribution is 2.31. The number of aromatic nitrogens is 3. The van der Waals surface area contributed by atoms with Gasteiger partial charge < -0.3 is 10.0 Å². The van der Waals surface area contributed by atoms with E-state index in [4.69, 9.17) is 0 Å². The largest absolute Gasteiger partial charge is 0.481 e. The minimum absolute atomic E-state index is 0.120. The van der Waals surface area contributed by atoms with E-state index in [1.54, 1.807) is 11.8 Å². The molecule has 0 aliphatic carbocycles. The van der Waals surface area contributed by atoms with Crippen LogP contribution in [0.2, 0.25) is 0 Å². The van der Waals surface area contributed by atoms with Gasteiger partial charge in [-0.15, -0.1) is 5.10 Å². The van der Waals surface area contributed by atoms with Crippen LogP contribution in [0, 0.1) is 5.41 Å². The monoisotopic (exact) mass is 268 g/mol. The summed E-state index contributed by atoms with van der Waals surface area (Å²) in [6, 6.07) is 0. The van der Waals surface area contributed by atoms with Gasteiger partial charge in [-0.1, -0.05) is 0 Å². The average Bonchev–Trinajstić information content (AvgIpc) is 2.75. The van der Waals surface area contributed by atoms with E-state index < -0.39 is 22.6 Å². The van der Waals surface area contributed by atoms with Crippen LogP contribution >= 0.6 is 0 Å². The highest BCUT2D eigenvalue weighted by Gasteiger charge is 2.41. The molecule has 0 aromatic carbocycles. The third kappa shape index (κ3) is 2.02. The Labute approximate surface area is 108 Å². The van der Waals surface area contributed by atoms with E-state index in [0.29, 0.717) is 13.0 Å². The number of anilines is 1. The molecule has 1 aliphatic rings. The number of nitrogens with zero attached hydrogens (tertiary/aromatic N) is 4. The van der Waals surface area contributed by atoms with Crippen LogP contribution in [0.1, 0.15) is 13.3 Å². The minimum atomic E-state index is -0.892. The third-order valence-corrected chi connectivity index (χ3v) is 3.59. The second-order valence-electron chi connectivity index (χ2n) is 5.13. The molecule has 0 bridgehead atoms. The quantitative estimate of drug-likeness (QED) is 0.722. The van der Waals surface area contributed by atoms with Crippen molar-refractivity contribution in [2.45, 2.75) is 13.3 Å². The standard InChI is InChI=1S/C11H16N4O4/c1-11(9(17)18)4-5-15(6-11)7-8(16)13(2)10(19)14(3)12-7/h4-6H2,1-3H3,(H,17,18). The van der Waals surface area contributed by atoms with Crippen molar-refractivity contribution in [3.63, 3.8) is 0 Å². The number of hydrogen-bond acceptors (Lipinski definition) is 5. The van der Waals surface area contributed by atoms with Crippen molar-refractivity contribution < 1.29 is 9.90 Å². The number of carbonyl (C=O) groups is 1. The molecule has 8 nitrogen and oxygen atoms in total. The van der Waals surface area contributed by atoms with Crippen LogP contribution in [0.3, 0.4) is 0 Å². The fraction of sp³-hybridized carbons (Fsp3) is 0.636. The Kier molecular flexibility index (Phi) is 2.95. The summed E-state index contributed by atoms with van der Waals surface area (Å²) in [5.74, 6) is -0.772. The van der Waals surface area contributed by atoms with Crippen LogP contribution < -0.4 is 16.1 Å². The first-order chi connectivity index (χ1) is 8.76. The average molecular weight is 268 g/mol. The lowest BCUT2D eigenvalue weighted by Crippen LogP contribution is -2.43. The van der Waals surface area contributed by atoms with Gasteiger partial charge in [-0.2, -0.15) is 0 Å². The van der Waals surface area contributed by atoms with Crippen LogP contribution in [-0.4, -0.2) is 38.5 Å². The molecule has 0 spiro atoms. The molecule has 0 radical (unpaired) electrons. The highest BCUT2D eigenvalue weighted by atomic mass is 16.4. The molecule has 19 heavy (non-hydrogen) atoms. The zero-order chi connectivity index (χ0) is 14.4. The first kappa shape index (κ1) is 13.3. The Balaban J connectivity index is 2.44. The topological polar surface area (TPSA) is 97.4 Å². The van der Waals surface area contributed by atoms with Gasteiger partial charge in [-0.3, -0.25) is 14.2 Å². The summed E-state index contributed by atoms with van der Waals surface area (Å²) in [5.41, 5.74) is -1.90. The van der Waals surface area contributed by atoms with E-state index >= 15 is 0 Å². The van der Waals surface area contributed by atoms with E-state index in [0.717, 1.165) is 9.25 Å². The first-order valence-corrected chi connectivity index (χ1v) is 5.89. The van der Waals surface area contributed by atoms with Crippen LogP contribution in [0.4, 0.5) is 5.82 Å². The fourth-order valence-electron chi connectivity index (χ4n) is 2.20. The lowest BCUT2D eigenvalue weighted by Gasteiger charge is -2.20. The molecular weight excluding hydrogens is 252 g/mol. The van der Waals surface area contributed by atoms with E-state index in [1.807, 2.05) is 0 Å². The van der Waals surface area contributed by atoms with Gasteiger partial charge in [0.2, 0.25) is 5.82 Å². The number of rotatable bonds is 2. The predicted molar refractivity (Wildman–Crippen MR) is 67.3 cm³/mol. The molecule has 8 heteroatoms. The van der Waals surface area contributed by atoms with Crippen LogP contribution in [0.5, 0.6) is 0 Å². The molecule has 1 aromatic heterocycles. The summed E-state index contributed by atoms with van der Waals surface area (Å²) >= 11 is 0. The highest BCUT2D eigenvalue weighted by molar-refractivity contribution is 5.76. The van der Waals surface area contributed by atoms with Crippen molar-refractivity contribution in [1.82, 2.24) is 14.3 Å². The van der Waals surface area contributed by atoms with Gasteiger partial charge in [0.05, 0.1) is 5.41 Å². The van der Waals surface area contributed by atoms with Crippen LogP contribution in [0.25, 0.3) is 0 Å². The molecule has 2 rings (SSSR count). The second kappa shape index (κ2) is 4.22. The number of hydrogen-bond donors (Lipinski definition) is 1. The van der Waals surface area contributed by atoms with Gasteiger partial charge in [0.1, 0.15) is 0 Å². The van der Waals surface area contributed by atoms with E-state index in [-0.39, 0.29) is 12.4 Å². The zero-order valence-electron chi connectivity index (χ0n) is 11.1. The smallest absolute Gasteiger partial charge is 0.346 e. The second-order valence-corrected chi connectivity index (χ2v) is 5.13. The SMILES string of the molecule is Cn1nc(N2CCC(C)(C(=O)O)C2)c(=O)n(C)c1=O. The number of aliphatic carboxylic acids is 1. The normalized spacial score (nSPS) is 22.8. The van der Waals surface area contributed by atoms with Gasteiger partial charge in [0.25, 0.3) is 5.56 Å². The zero-order valence-corrected chi connectivity index (χ0v) is 11.1. The van der Waals surface area contributed by atoms with Gasteiger partial charge in [-0.25, -0.2) is 9.48 Å². The molecular formula is C11H16N4O4. The molecule has 1 saturated heterocycles. The van der Waals surface area contributed by atoms with Gasteiger partial charge in [0, 0.05) is 27.2 Å². The van der Waals surface area contributed by atoms with Crippen LogP contribution in [0.15, 0.2) is 9.59 Å². The summed E-state index contributed by atoms with van der Waals surface area (Å²) in [7, 11) is 2.83. The predicted octanol–water partition coefficient (Wildman–Crippen LogP) is -1.22. The Morgan fingerprint density at radius 3 is 2.53 bits per heavy atom. The maximum absolute atomic E-state index is 12.0. The number of aryl methyl sites for hydroxylation is 1. The Morgan fingerprint density at radius 1 is 1.37 bits per heavy atom. The van der Waals surface area contributed by atoms with E-state index in [1.165, 1.54) is 14.1 Å². The lowest BCUT2D eigenvalue weighted by atomic mass is 9.90. The first-order valence-electron chi connectivity index (χ1n) is 5.89. The summed E-state index contributed by atoms with van der Waals surface area (Å²) in [6.07, 6.45) is 0.440. The molecule has 1 atom stereocenters. The molecule has 1 unspecified atom stereocenters. The van der Waals surface area contributed by atoms with E-state index in [2.05, 4.69) is 5.10 Å². The Bertz CT molecular complexity index is 647. The molecule has 1 aromatic rings. The molecule has 0 amide bonds.